The van der Waals surface area contributed by atoms with E-state index in [0.717, 1.165) is 24.0 Å². The van der Waals surface area contributed by atoms with Gasteiger partial charge in [0.1, 0.15) is 23.3 Å². The van der Waals surface area contributed by atoms with Crippen LogP contribution in [0.15, 0.2) is 78.9 Å². The van der Waals surface area contributed by atoms with Gasteiger partial charge in [-0.25, -0.2) is 0 Å². The minimum absolute atomic E-state index is 0.182. The Kier molecular flexibility index (Phi) is 10.8. The normalized spacial score (nSPS) is 11.3. The first-order valence-corrected chi connectivity index (χ1v) is 12.5. The van der Waals surface area contributed by atoms with E-state index in [1.54, 1.807) is 43.4 Å². The molecule has 0 heterocycles. The molecule has 37 heavy (non-hydrogen) atoms. The molecule has 7 heteroatoms. The first-order chi connectivity index (χ1) is 18.0. The number of benzene rings is 3. The zero-order chi connectivity index (χ0) is 26.5. The van der Waals surface area contributed by atoms with Crippen LogP contribution >= 0.6 is 0 Å². The van der Waals surface area contributed by atoms with Crippen molar-refractivity contribution in [2.75, 3.05) is 27.4 Å². The number of rotatable bonds is 14. The average molecular weight is 505 g/mol. The molecule has 0 saturated carbocycles. The topological polar surface area (TPSA) is 77.1 Å². The molecular formula is C30H36N2O5. The van der Waals surface area contributed by atoms with Crippen LogP contribution in [0.4, 0.5) is 0 Å². The Hall–Kier alpha value is -4.00. The van der Waals surface area contributed by atoms with E-state index >= 15 is 0 Å². The number of nitrogens with one attached hydrogen (secondary N) is 1. The quantitative estimate of drug-likeness (QED) is 0.324. The third kappa shape index (κ3) is 8.56. The number of unbranched alkanes of at least 4 members (excludes halogenated alkanes) is 1. The number of amides is 2. The molecule has 3 rings (SSSR count). The van der Waals surface area contributed by atoms with Crippen molar-refractivity contribution in [3.63, 3.8) is 0 Å². The van der Waals surface area contributed by atoms with Crippen LogP contribution in [0.5, 0.6) is 17.2 Å². The molecule has 0 spiro atoms. The molecule has 1 atom stereocenters. The molecule has 2 amide bonds. The third-order valence-electron chi connectivity index (χ3n) is 6.01. The second kappa shape index (κ2) is 14.5. The summed E-state index contributed by atoms with van der Waals surface area (Å²) in [6, 6.07) is 23.6. The Labute approximate surface area is 219 Å². The van der Waals surface area contributed by atoms with E-state index in [0.29, 0.717) is 30.2 Å². The van der Waals surface area contributed by atoms with Gasteiger partial charge in [-0.3, -0.25) is 9.59 Å². The SMILES string of the molecule is CCCCNC(=O)C(Cc1ccccc1)N(Cc1cccc(OC)c1)C(=O)COc1ccc(OC)cc1. The van der Waals surface area contributed by atoms with E-state index in [9.17, 15) is 9.59 Å². The van der Waals surface area contributed by atoms with Gasteiger partial charge in [-0.15, -0.1) is 0 Å². The third-order valence-corrected chi connectivity index (χ3v) is 6.01. The number of ether oxygens (including phenoxy) is 3. The van der Waals surface area contributed by atoms with E-state index < -0.39 is 6.04 Å². The van der Waals surface area contributed by atoms with Crippen molar-refractivity contribution in [1.29, 1.82) is 0 Å². The number of methoxy groups -OCH3 is 2. The van der Waals surface area contributed by atoms with Crippen molar-refractivity contribution < 1.29 is 23.8 Å². The average Bonchev–Trinajstić information content (AvgIpc) is 2.94. The highest BCUT2D eigenvalue weighted by Crippen LogP contribution is 2.20. The van der Waals surface area contributed by atoms with Gasteiger partial charge in [0.05, 0.1) is 14.2 Å². The molecule has 1 N–H and O–H groups in total. The molecule has 196 valence electrons. The molecule has 0 fully saturated rings. The fourth-order valence-corrected chi connectivity index (χ4v) is 3.93. The predicted molar refractivity (Wildman–Crippen MR) is 144 cm³/mol. The van der Waals surface area contributed by atoms with E-state index in [4.69, 9.17) is 14.2 Å². The lowest BCUT2D eigenvalue weighted by Crippen LogP contribution is -2.51. The second-order valence-electron chi connectivity index (χ2n) is 8.69. The Balaban J connectivity index is 1.88. The van der Waals surface area contributed by atoms with Crippen molar-refractivity contribution >= 4 is 11.8 Å². The molecular weight excluding hydrogens is 468 g/mol. The van der Waals surface area contributed by atoms with Crippen molar-refractivity contribution in [2.45, 2.75) is 38.8 Å². The maximum atomic E-state index is 13.6. The standard InChI is InChI=1S/C30H36N2O5/c1-4-5-18-31-30(34)28(20-23-10-7-6-8-11-23)32(21-24-12-9-13-27(19-24)36-3)29(33)22-37-26-16-14-25(35-2)15-17-26/h6-17,19,28H,4-5,18,20-22H2,1-3H3,(H,31,34). The Bertz CT molecular complexity index is 1120. The van der Waals surface area contributed by atoms with Gasteiger partial charge in [0.2, 0.25) is 5.91 Å². The zero-order valence-electron chi connectivity index (χ0n) is 21.8. The van der Waals surface area contributed by atoms with Gasteiger partial charge in [0.25, 0.3) is 5.91 Å². The Morgan fingerprint density at radius 3 is 2.19 bits per heavy atom. The monoisotopic (exact) mass is 504 g/mol. The summed E-state index contributed by atoms with van der Waals surface area (Å²) in [6.07, 6.45) is 2.22. The van der Waals surface area contributed by atoms with Gasteiger partial charge in [-0.05, 0) is 53.9 Å². The van der Waals surface area contributed by atoms with Crippen LogP contribution < -0.4 is 19.5 Å². The lowest BCUT2D eigenvalue weighted by Gasteiger charge is -2.31. The van der Waals surface area contributed by atoms with Crippen LogP contribution in [-0.2, 0) is 22.6 Å². The van der Waals surface area contributed by atoms with E-state index in [-0.39, 0.29) is 25.0 Å². The highest BCUT2D eigenvalue weighted by atomic mass is 16.5. The largest absolute Gasteiger partial charge is 0.497 e. The first-order valence-electron chi connectivity index (χ1n) is 12.5. The molecule has 0 aliphatic carbocycles. The smallest absolute Gasteiger partial charge is 0.261 e. The number of carbonyl (C=O) groups excluding carboxylic acids is 2. The molecule has 0 aliphatic rings. The van der Waals surface area contributed by atoms with Crippen LogP contribution in [0.3, 0.4) is 0 Å². The summed E-state index contributed by atoms with van der Waals surface area (Å²) in [7, 11) is 3.19. The van der Waals surface area contributed by atoms with Gasteiger partial charge in [-0.2, -0.15) is 0 Å². The van der Waals surface area contributed by atoms with Crippen LogP contribution in [0, 0.1) is 0 Å². The molecule has 7 nitrogen and oxygen atoms in total. The van der Waals surface area contributed by atoms with Gasteiger partial charge < -0.3 is 24.4 Å². The molecule has 0 bridgehead atoms. The number of carbonyl (C=O) groups is 2. The van der Waals surface area contributed by atoms with Crippen LogP contribution in [0.25, 0.3) is 0 Å². The van der Waals surface area contributed by atoms with Gasteiger partial charge in [0.15, 0.2) is 6.61 Å². The highest BCUT2D eigenvalue weighted by Gasteiger charge is 2.30. The number of hydrogen-bond acceptors (Lipinski definition) is 5. The molecule has 0 radical (unpaired) electrons. The summed E-state index contributed by atoms with van der Waals surface area (Å²) in [6.45, 7) is 2.66. The first kappa shape index (κ1) is 27.6. The minimum atomic E-state index is -0.711. The molecule has 0 saturated heterocycles. The molecule has 1 unspecified atom stereocenters. The van der Waals surface area contributed by atoms with E-state index in [1.165, 1.54) is 0 Å². The van der Waals surface area contributed by atoms with Crippen LogP contribution in [0.2, 0.25) is 0 Å². The fraction of sp³-hybridized carbons (Fsp3) is 0.333. The van der Waals surface area contributed by atoms with Crippen LogP contribution in [-0.4, -0.2) is 50.1 Å². The maximum absolute atomic E-state index is 13.6. The lowest BCUT2D eigenvalue weighted by molar-refractivity contribution is -0.142. The summed E-state index contributed by atoms with van der Waals surface area (Å²) in [5, 5.41) is 3.02. The van der Waals surface area contributed by atoms with E-state index in [1.807, 2.05) is 54.6 Å². The highest BCUT2D eigenvalue weighted by molar-refractivity contribution is 5.88. The minimum Gasteiger partial charge on any atom is -0.497 e. The number of hydrogen-bond donors (Lipinski definition) is 1. The molecule has 0 aliphatic heterocycles. The molecule has 0 aromatic heterocycles. The number of nitrogens with zero attached hydrogens (tertiary/aromatic N) is 1. The summed E-state index contributed by atoms with van der Waals surface area (Å²) >= 11 is 0. The predicted octanol–water partition coefficient (Wildman–Crippen LogP) is 4.64. The zero-order valence-corrected chi connectivity index (χ0v) is 21.8. The van der Waals surface area contributed by atoms with Crippen molar-refractivity contribution in [3.8, 4) is 17.2 Å². The van der Waals surface area contributed by atoms with Gasteiger partial charge >= 0.3 is 0 Å². The maximum Gasteiger partial charge on any atom is 0.261 e. The van der Waals surface area contributed by atoms with Crippen molar-refractivity contribution in [3.05, 3.63) is 90.0 Å². The van der Waals surface area contributed by atoms with Gasteiger partial charge in [-0.1, -0.05) is 55.8 Å². The fourth-order valence-electron chi connectivity index (χ4n) is 3.93. The lowest BCUT2D eigenvalue weighted by atomic mass is 10.0. The Morgan fingerprint density at radius 1 is 0.838 bits per heavy atom. The summed E-state index contributed by atoms with van der Waals surface area (Å²) in [5.74, 6) is 1.46. The van der Waals surface area contributed by atoms with Crippen molar-refractivity contribution in [1.82, 2.24) is 10.2 Å². The summed E-state index contributed by atoms with van der Waals surface area (Å²) in [4.78, 5) is 28.7. The molecule has 3 aromatic carbocycles. The van der Waals surface area contributed by atoms with E-state index in [2.05, 4.69) is 12.2 Å². The summed E-state index contributed by atoms with van der Waals surface area (Å²) in [5.41, 5.74) is 1.83. The Morgan fingerprint density at radius 2 is 1.51 bits per heavy atom. The van der Waals surface area contributed by atoms with Crippen molar-refractivity contribution in [2.24, 2.45) is 0 Å². The summed E-state index contributed by atoms with van der Waals surface area (Å²) < 4.78 is 16.4. The van der Waals surface area contributed by atoms with Gasteiger partial charge in [0, 0.05) is 19.5 Å². The molecule has 3 aromatic rings. The van der Waals surface area contributed by atoms with Crippen LogP contribution in [0.1, 0.15) is 30.9 Å². The second-order valence-corrected chi connectivity index (χ2v) is 8.69.